The Morgan fingerprint density at radius 3 is 2.28 bits per heavy atom. The normalized spacial score (nSPS) is 13.0. The minimum Gasteiger partial charge on any atom is -0.482 e. The first kappa shape index (κ1) is 17.9. The third-order valence-electron chi connectivity index (χ3n) is 1.90. The molecule has 1 aliphatic heterocycles. The predicted molar refractivity (Wildman–Crippen MR) is 66.9 cm³/mol. The zero-order valence-electron chi connectivity index (χ0n) is 10.2. The Labute approximate surface area is 134 Å². The van der Waals surface area contributed by atoms with E-state index in [1.165, 1.54) is 18.5 Å². The molecule has 0 atom stereocenters. The van der Waals surface area contributed by atoms with Crippen molar-refractivity contribution >= 4 is 28.2 Å². The summed E-state index contributed by atoms with van der Waals surface area (Å²) in [6, 6.07) is 6.32. The largest absolute Gasteiger partial charge is 1.00 e. The molecule has 0 amide bonds. The molecule has 0 saturated heterocycles. The van der Waals surface area contributed by atoms with Crippen LogP contribution in [0, 0.1) is 6.92 Å². The van der Waals surface area contributed by atoms with E-state index in [9.17, 15) is 8.42 Å². The van der Waals surface area contributed by atoms with Crippen LogP contribution in [0.4, 0.5) is 0 Å². The molecular formula is C10H12ClN2NaO3S. The van der Waals surface area contributed by atoms with E-state index < -0.39 is 10.0 Å². The fraction of sp³-hybridized carbons (Fsp3) is 0.300. The maximum atomic E-state index is 11.0. The Bertz CT molecular complexity index is 470. The van der Waals surface area contributed by atoms with Gasteiger partial charge in [-0.15, -0.1) is 0 Å². The predicted octanol–water partition coefficient (Wildman–Crippen LogP) is -0.740. The summed E-state index contributed by atoms with van der Waals surface area (Å²) in [6.45, 7) is 3.49. The monoisotopic (exact) mass is 298 g/mol. The second kappa shape index (κ2) is 8.90. The van der Waals surface area contributed by atoms with Crippen molar-refractivity contribution < 1.29 is 42.7 Å². The van der Waals surface area contributed by atoms with Gasteiger partial charge >= 0.3 is 29.6 Å². The van der Waals surface area contributed by atoms with Gasteiger partial charge in [0.2, 0.25) is 0 Å². The first-order chi connectivity index (χ1) is 8.06. The average molecular weight is 299 g/mol. The van der Waals surface area contributed by atoms with Crippen molar-refractivity contribution in [3.8, 4) is 0 Å². The Balaban J connectivity index is 0.000000405. The van der Waals surface area contributed by atoms with Gasteiger partial charge in [0.25, 0.3) is 0 Å². The number of hydrogen-bond acceptors (Lipinski definition) is 4. The molecule has 0 N–H and O–H groups in total. The number of rotatable bonds is 2. The summed E-state index contributed by atoms with van der Waals surface area (Å²) < 4.78 is 29.4. The van der Waals surface area contributed by atoms with Crippen LogP contribution in [-0.2, 0) is 14.8 Å². The number of aryl methyl sites for hydroxylation is 1. The molecule has 5 nitrogen and oxygen atoms in total. The van der Waals surface area contributed by atoms with Gasteiger partial charge in [0.05, 0.1) is 6.54 Å². The number of ether oxygens (including phenoxy) is 1. The SMILES string of the molecule is C1=NCCO1.Cc1ccc(S(=O)(=O)[N-]Cl)cc1.[Na+]. The molecule has 2 rings (SSSR count). The maximum absolute atomic E-state index is 11.0. The minimum atomic E-state index is -3.62. The topological polar surface area (TPSA) is 69.8 Å². The van der Waals surface area contributed by atoms with Gasteiger partial charge in [-0.3, -0.25) is 16.8 Å². The van der Waals surface area contributed by atoms with E-state index in [-0.39, 0.29) is 34.5 Å². The number of aliphatic imine (C=N–C) groups is 1. The van der Waals surface area contributed by atoms with Crippen LogP contribution in [0.25, 0.3) is 4.24 Å². The molecule has 94 valence electrons. The number of nitrogens with zero attached hydrogens (tertiary/aromatic N) is 2. The smallest absolute Gasteiger partial charge is 0.482 e. The zero-order valence-corrected chi connectivity index (χ0v) is 13.8. The van der Waals surface area contributed by atoms with Gasteiger partial charge in [-0.25, -0.2) is 8.42 Å². The van der Waals surface area contributed by atoms with Gasteiger partial charge in [-0.05, 0) is 19.1 Å². The van der Waals surface area contributed by atoms with Crippen LogP contribution < -0.4 is 29.6 Å². The van der Waals surface area contributed by atoms with Crippen molar-refractivity contribution in [1.29, 1.82) is 0 Å². The van der Waals surface area contributed by atoms with Crippen LogP contribution in [0.5, 0.6) is 0 Å². The van der Waals surface area contributed by atoms with Crippen LogP contribution in [0.1, 0.15) is 5.56 Å². The Kier molecular flexibility index (Phi) is 8.85. The number of hydrogen-bond donors (Lipinski definition) is 0. The molecule has 0 spiro atoms. The Morgan fingerprint density at radius 2 is 1.94 bits per heavy atom. The number of benzene rings is 1. The van der Waals surface area contributed by atoms with Crippen molar-refractivity contribution in [3.63, 3.8) is 0 Å². The van der Waals surface area contributed by atoms with Crippen LogP contribution in [0.2, 0.25) is 0 Å². The summed E-state index contributed by atoms with van der Waals surface area (Å²) in [6.07, 6.45) is 1.49. The number of sulfonamides is 1. The van der Waals surface area contributed by atoms with E-state index in [2.05, 4.69) is 14.0 Å². The summed E-state index contributed by atoms with van der Waals surface area (Å²) in [5, 5.41) is 0. The first-order valence-corrected chi connectivity index (χ1v) is 6.59. The molecule has 8 heteroatoms. The van der Waals surface area contributed by atoms with E-state index in [1.807, 2.05) is 6.92 Å². The van der Waals surface area contributed by atoms with Crippen LogP contribution in [-0.4, -0.2) is 28.0 Å². The fourth-order valence-corrected chi connectivity index (χ4v) is 1.81. The average Bonchev–Trinajstić information content (AvgIpc) is 2.88. The molecule has 1 aliphatic rings. The second-order valence-corrected chi connectivity index (χ2v) is 5.21. The molecule has 0 radical (unpaired) electrons. The molecular weight excluding hydrogens is 287 g/mol. The minimum absolute atomic E-state index is 0. The van der Waals surface area contributed by atoms with E-state index in [4.69, 9.17) is 11.8 Å². The van der Waals surface area contributed by atoms with Crippen LogP contribution in [0.15, 0.2) is 34.2 Å². The second-order valence-electron chi connectivity index (χ2n) is 3.24. The van der Waals surface area contributed by atoms with Crippen molar-refractivity contribution in [2.24, 2.45) is 4.99 Å². The quantitative estimate of drug-likeness (QED) is 0.675. The molecule has 0 saturated carbocycles. The van der Waals surface area contributed by atoms with Gasteiger partial charge in [0.1, 0.15) is 16.6 Å². The van der Waals surface area contributed by atoms with Crippen LogP contribution in [0.3, 0.4) is 0 Å². The molecule has 0 unspecified atom stereocenters. The van der Waals surface area contributed by atoms with E-state index >= 15 is 0 Å². The van der Waals surface area contributed by atoms with Gasteiger partial charge in [-0.1, -0.05) is 17.7 Å². The molecule has 1 aromatic carbocycles. The summed E-state index contributed by atoms with van der Waals surface area (Å²) in [7, 11) is -3.62. The van der Waals surface area contributed by atoms with Crippen molar-refractivity contribution in [3.05, 3.63) is 34.1 Å². The number of halogens is 1. The summed E-state index contributed by atoms with van der Waals surface area (Å²) in [5.41, 5.74) is 0.989. The first-order valence-electron chi connectivity index (χ1n) is 4.81. The van der Waals surface area contributed by atoms with E-state index in [1.54, 1.807) is 12.1 Å². The summed E-state index contributed by atoms with van der Waals surface area (Å²) in [5.74, 6) is 0. The molecule has 18 heavy (non-hydrogen) atoms. The Morgan fingerprint density at radius 1 is 1.33 bits per heavy atom. The van der Waals surface area contributed by atoms with Crippen molar-refractivity contribution in [2.75, 3.05) is 13.2 Å². The van der Waals surface area contributed by atoms with E-state index in [0.717, 1.165) is 18.7 Å². The summed E-state index contributed by atoms with van der Waals surface area (Å²) >= 11 is 4.90. The van der Waals surface area contributed by atoms with Crippen LogP contribution >= 0.6 is 11.8 Å². The van der Waals surface area contributed by atoms with Gasteiger partial charge < -0.3 is 8.98 Å². The molecule has 1 aromatic rings. The van der Waals surface area contributed by atoms with Crippen molar-refractivity contribution in [1.82, 2.24) is 0 Å². The third-order valence-corrected chi connectivity index (χ3v) is 3.49. The van der Waals surface area contributed by atoms with Gasteiger partial charge in [0, 0.05) is 4.90 Å². The fourth-order valence-electron chi connectivity index (χ4n) is 1.01. The molecule has 0 aromatic heterocycles. The maximum Gasteiger partial charge on any atom is 1.00 e. The zero-order chi connectivity index (χ0) is 12.7. The standard InChI is InChI=1S/C7H7ClNO2S.C3H5NO.Na/c1-6-2-4-7(5-3-6)12(10,11)9-8;1-2-5-3-4-1;/h2-5H,1H3;3H,1-2H2;/q-1;;+1. The van der Waals surface area contributed by atoms with Crippen molar-refractivity contribution in [2.45, 2.75) is 11.8 Å². The molecule has 0 fully saturated rings. The Hall–Kier alpha value is -0.110. The van der Waals surface area contributed by atoms with E-state index in [0.29, 0.717) is 0 Å². The van der Waals surface area contributed by atoms with Gasteiger partial charge in [0.15, 0.2) is 6.40 Å². The molecule has 0 bridgehead atoms. The molecule has 1 heterocycles. The summed E-state index contributed by atoms with van der Waals surface area (Å²) in [4.78, 5) is 3.85. The van der Waals surface area contributed by atoms with Gasteiger partial charge in [-0.2, -0.15) is 0 Å². The third kappa shape index (κ3) is 6.17. The molecule has 0 aliphatic carbocycles.